The van der Waals surface area contributed by atoms with E-state index in [1.165, 1.54) is 12.0 Å². The Hall–Kier alpha value is -1.35. The van der Waals surface area contributed by atoms with E-state index in [0.29, 0.717) is 17.9 Å². The molecule has 108 valence electrons. The average Bonchev–Trinajstić information content (AvgIpc) is 2.84. The molecule has 1 saturated carbocycles. The van der Waals surface area contributed by atoms with E-state index in [1.54, 1.807) is 0 Å². The molecule has 1 saturated heterocycles. The van der Waals surface area contributed by atoms with E-state index in [2.05, 4.69) is 17.9 Å². The Kier molecular flexibility index (Phi) is 3.55. The molecular weight excluding hydrogens is 248 g/mol. The first-order valence-corrected chi connectivity index (χ1v) is 7.67. The van der Waals surface area contributed by atoms with Crippen LogP contribution in [0.15, 0.2) is 18.2 Å². The third kappa shape index (κ3) is 2.35. The van der Waals surface area contributed by atoms with E-state index in [1.807, 2.05) is 19.1 Å². The number of fused-ring (bicyclic) bond motifs is 1. The minimum atomic E-state index is 0.203. The van der Waals surface area contributed by atoms with E-state index in [0.717, 1.165) is 37.1 Å². The molecule has 0 spiro atoms. The highest BCUT2D eigenvalue weighted by Gasteiger charge is 2.38. The van der Waals surface area contributed by atoms with Gasteiger partial charge in [0.2, 0.25) is 0 Å². The van der Waals surface area contributed by atoms with Crippen molar-refractivity contribution in [1.82, 2.24) is 4.90 Å². The van der Waals surface area contributed by atoms with Gasteiger partial charge in [0.25, 0.3) is 5.91 Å². The first-order valence-electron chi connectivity index (χ1n) is 7.67. The highest BCUT2D eigenvalue weighted by atomic mass is 16.2. The first-order chi connectivity index (χ1) is 9.56. The normalized spacial score (nSPS) is 29.4. The number of benzene rings is 1. The van der Waals surface area contributed by atoms with Crippen molar-refractivity contribution < 1.29 is 4.79 Å². The molecule has 1 heterocycles. The number of amides is 1. The number of carbonyl (C=O) groups excluding carboxylic acids is 1. The highest BCUT2D eigenvalue weighted by Crippen LogP contribution is 2.36. The monoisotopic (exact) mass is 272 g/mol. The van der Waals surface area contributed by atoms with Gasteiger partial charge in [0, 0.05) is 24.7 Å². The third-order valence-electron chi connectivity index (χ3n) is 5.21. The minimum Gasteiger partial charge on any atom is -0.338 e. The van der Waals surface area contributed by atoms with E-state index >= 15 is 0 Å². The lowest BCUT2D eigenvalue weighted by Gasteiger charge is -2.27. The number of aryl methyl sites for hydroxylation is 1. The predicted octanol–water partition coefficient (Wildman–Crippen LogP) is 2.50. The molecule has 3 rings (SSSR count). The molecule has 0 aromatic heterocycles. The zero-order valence-electron chi connectivity index (χ0n) is 12.4. The molecule has 1 unspecified atom stereocenters. The summed E-state index contributed by atoms with van der Waals surface area (Å²) in [5, 5.41) is 0. The number of hydrogen-bond donors (Lipinski definition) is 1. The lowest BCUT2D eigenvalue weighted by molar-refractivity contribution is 0.0783. The molecule has 0 bridgehead atoms. The van der Waals surface area contributed by atoms with E-state index in [-0.39, 0.29) is 5.91 Å². The van der Waals surface area contributed by atoms with Gasteiger partial charge in [-0.1, -0.05) is 12.1 Å². The van der Waals surface area contributed by atoms with Gasteiger partial charge in [-0.15, -0.1) is 0 Å². The lowest BCUT2D eigenvalue weighted by Crippen LogP contribution is -2.32. The van der Waals surface area contributed by atoms with Crippen LogP contribution in [0.2, 0.25) is 0 Å². The van der Waals surface area contributed by atoms with Gasteiger partial charge in [0.1, 0.15) is 0 Å². The summed E-state index contributed by atoms with van der Waals surface area (Å²) in [7, 11) is 0. The number of nitrogens with two attached hydrogens (primary N) is 1. The van der Waals surface area contributed by atoms with Crippen molar-refractivity contribution in [2.45, 2.75) is 39.2 Å². The number of rotatable bonds is 1. The van der Waals surface area contributed by atoms with Gasteiger partial charge >= 0.3 is 0 Å². The SMILES string of the molecule is Cc1cccc(C(=O)N2C[C@H]3CCC(N)C[C@H]3C2)c1C. The molecule has 2 aliphatic rings. The van der Waals surface area contributed by atoms with E-state index < -0.39 is 0 Å². The quantitative estimate of drug-likeness (QED) is 0.854. The Morgan fingerprint density at radius 2 is 1.95 bits per heavy atom. The summed E-state index contributed by atoms with van der Waals surface area (Å²) in [4.78, 5) is 14.8. The first kappa shape index (κ1) is 13.6. The Balaban J connectivity index is 1.77. The third-order valence-corrected chi connectivity index (χ3v) is 5.21. The molecule has 1 aromatic carbocycles. The smallest absolute Gasteiger partial charge is 0.254 e. The van der Waals surface area contributed by atoms with Gasteiger partial charge < -0.3 is 10.6 Å². The topological polar surface area (TPSA) is 46.3 Å². The molecule has 20 heavy (non-hydrogen) atoms. The van der Waals surface area contributed by atoms with Crippen LogP contribution in [0.3, 0.4) is 0 Å². The Morgan fingerprint density at radius 1 is 1.20 bits per heavy atom. The van der Waals surface area contributed by atoms with Gasteiger partial charge in [0.15, 0.2) is 0 Å². The van der Waals surface area contributed by atoms with Gasteiger partial charge in [-0.25, -0.2) is 0 Å². The van der Waals surface area contributed by atoms with Crippen LogP contribution in [0.5, 0.6) is 0 Å². The Morgan fingerprint density at radius 3 is 2.75 bits per heavy atom. The van der Waals surface area contributed by atoms with Crippen molar-refractivity contribution in [1.29, 1.82) is 0 Å². The second-order valence-electron chi connectivity index (χ2n) is 6.55. The average molecular weight is 272 g/mol. The van der Waals surface area contributed by atoms with Crippen LogP contribution in [0.4, 0.5) is 0 Å². The lowest BCUT2D eigenvalue weighted by atomic mass is 9.79. The van der Waals surface area contributed by atoms with Gasteiger partial charge in [-0.3, -0.25) is 4.79 Å². The van der Waals surface area contributed by atoms with Crippen LogP contribution in [0, 0.1) is 25.7 Å². The van der Waals surface area contributed by atoms with Crippen molar-refractivity contribution in [3.8, 4) is 0 Å². The molecule has 3 heteroatoms. The molecule has 1 aromatic rings. The second kappa shape index (κ2) is 5.21. The Labute approximate surface area is 121 Å². The fourth-order valence-electron chi connectivity index (χ4n) is 3.79. The second-order valence-corrected chi connectivity index (χ2v) is 6.55. The highest BCUT2D eigenvalue weighted by molar-refractivity contribution is 5.96. The largest absolute Gasteiger partial charge is 0.338 e. The summed E-state index contributed by atoms with van der Waals surface area (Å²) in [5.41, 5.74) is 9.24. The van der Waals surface area contributed by atoms with Crippen LogP contribution in [-0.4, -0.2) is 29.9 Å². The summed E-state index contributed by atoms with van der Waals surface area (Å²) in [5.74, 6) is 1.49. The van der Waals surface area contributed by atoms with Crippen LogP contribution in [0.25, 0.3) is 0 Å². The van der Waals surface area contributed by atoms with Crippen molar-refractivity contribution in [3.05, 3.63) is 34.9 Å². The van der Waals surface area contributed by atoms with Crippen molar-refractivity contribution >= 4 is 5.91 Å². The zero-order chi connectivity index (χ0) is 14.3. The van der Waals surface area contributed by atoms with E-state index in [9.17, 15) is 4.79 Å². The van der Waals surface area contributed by atoms with Crippen molar-refractivity contribution in [2.24, 2.45) is 17.6 Å². The van der Waals surface area contributed by atoms with Gasteiger partial charge in [-0.2, -0.15) is 0 Å². The summed E-state index contributed by atoms with van der Waals surface area (Å²) in [6.45, 7) is 5.92. The van der Waals surface area contributed by atoms with Crippen LogP contribution in [-0.2, 0) is 0 Å². The predicted molar refractivity (Wildman–Crippen MR) is 80.6 cm³/mol. The molecule has 1 aliphatic heterocycles. The summed E-state index contributed by atoms with van der Waals surface area (Å²) in [6, 6.07) is 6.34. The summed E-state index contributed by atoms with van der Waals surface area (Å²) < 4.78 is 0. The number of carbonyl (C=O) groups is 1. The summed E-state index contributed by atoms with van der Waals surface area (Å²) >= 11 is 0. The molecule has 2 N–H and O–H groups in total. The standard InChI is InChI=1S/C17H24N2O/c1-11-4-3-5-16(12(11)2)17(20)19-9-13-6-7-15(18)8-14(13)10-19/h3-5,13-15H,6-10,18H2,1-2H3/t13-,14+,15?/m1/s1. The van der Waals surface area contributed by atoms with Crippen LogP contribution < -0.4 is 5.73 Å². The van der Waals surface area contributed by atoms with Gasteiger partial charge in [-0.05, 0) is 62.1 Å². The zero-order valence-corrected chi connectivity index (χ0v) is 12.4. The summed E-state index contributed by atoms with van der Waals surface area (Å²) in [6.07, 6.45) is 3.39. The number of likely N-dealkylation sites (tertiary alicyclic amines) is 1. The van der Waals surface area contributed by atoms with Gasteiger partial charge in [0.05, 0.1) is 0 Å². The van der Waals surface area contributed by atoms with Crippen LogP contribution in [0.1, 0.15) is 40.7 Å². The van der Waals surface area contributed by atoms with Crippen molar-refractivity contribution in [3.63, 3.8) is 0 Å². The van der Waals surface area contributed by atoms with Crippen molar-refractivity contribution in [2.75, 3.05) is 13.1 Å². The maximum Gasteiger partial charge on any atom is 0.254 e. The maximum absolute atomic E-state index is 12.7. The number of nitrogens with zero attached hydrogens (tertiary/aromatic N) is 1. The molecular formula is C17H24N2O. The molecule has 1 amide bonds. The molecule has 1 aliphatic carbocycles. The molecule has 3 atom stereocenters. The molecule has 0 radical (unpaired) electrons. The molecule has 3 nitrogen and oxygen atoms in total. The minimum absolute atomic E-state index is 0.203. The number of hydrogen-bond acceptors (Lipinski definition) is 2. The fourth-order valence-corrected chi connectivity index (χ4v) is 3.79. The molecule has 2 fully saturated rings. The Bertz CT molecular complexity index is 526. The van der Waals surface area contributed by atoms with Crippen LogP contribution >= 0.6 is 0 Å². The maximum atomic E-state index is 12.7. The van der Waals surface area contributed by atoms with E-state index in [4.69, 9.17) is 5.73 Å². The fraction of sp³-hybridized carbons (Fsp3) is 0.588.